The number of methoxy groups -OCH3 is 1. The molecule has 0 aliphatic heterocycles. The molecule has 0 bridgehead atoms. The molecule has 7 heteroatoms. The van der Waals surface area contributed by atoms with E-state index in [0.29, 0.717) is 12.1 Å². The van der Waals surface area contributed by atoms with Gasteiger partial charge in [-0.1, -0.05) is 11.6 Å². The van der Waals surface area contributed by atoms with Crippen molar-refractivity contribution in [2.24, 2.45) is 0 Å². The highest BCUT2D eigenvalue weighted by molar-refractivity contribution is 6.31. The van der Waals surface area contributed by atoms with Gasteiger partial charge in [-0.05, 0) is 18.6 Å². The molecule has 1 aromatic rings. The standard InChI is InChI=1S/C11H13ClN2O4/c1-7(11(15)18-2)13-6-8-3-4-9(14(16)17)5-10(8)12/h3-5,7,13H,6H2,1-2H3. The van der Waals surface area contributed by atoms with Gasteiger partial charge in [0, 0.05) is 18.7 Å². The van der Waals surface area contributed by atoms with Crippen molar-refractivity contribution in [3.8, 4) is 0 Å². The van der Waals surface area contributed by atoms with Crippen LogP contribution in [0.5, 0.6) is 0 Å². The first-order valence-corrected chi connectivity index (χ1v) is 5.57. The third-order valence-electron chi connectivity index (χ3n) is 2.40. The van der Waals surface area contributed by atoms with Crippen LogP contribution in [-0.4, -0.2) is 24.0 Å². The Morgan fingerprint density at radius 2 is 2.28 bits per heavy atom. The van der Waals surface area contributed by atoms with Gasteiger partial charge in [0.25, 0.3) is 5.69 Å². The Bertz CT molecular complexity index is 464. The number of hydrogen-bond donors (Lipinski definition) is 1. The zero-order chi connectivity index (χ0) is 13.7. The van der Waals surface area contributed by atoms with E-state index in [2.05, 4.69) is 10.1 Å². The van der Waals surface area contributed by atoms with Crippen LogP contribution in [0.1, 0.15) is 12.5 Å². The Balaban J connectivity index is 2.69. The largest absolute Gasteiger partial charge is 0.468 e. The lowest BCUT2D eigenvalue weighted by Gasteiger charge is -2.12. The van der Waals surface area contributed by atoms with E-state index in [1.54, 1.807) is 13.0 Å². The summed E-state index contributed by atoms with van der Waals surface area (Å²) in [4.78, 5) is 21.2. The molecule has 0 saturated carbocycles. The molecule has 0 aromatic heterocycles. The molecule has 0 saturated heterocycles. The van der Waals surface area contributed by atoms with E-state index >= 15 is 0 Å². The van der Waals surface area contributed by atoms with Gasteiger partial charge < -0.3 is 10.1 Å². The van der Waals surface area contributed by atoms with Crippen LogP contribution < -0.4 is 5.32 Å². The molecule has 18 heavy (non-hydrogen) atoms. The quantitative estimate of drug-likeness (QED) is 0.503. The Morgan fingerprint density at radius 3 is 2.78 bits per heavy atom. The highest BCUT2D eigenvalue weighted by Crippen LogP contribution is 2.22. The second-order valence-corrected chi connectivity index (χ2v) is 4.07. The first-order valence-electron chi connectivity index (χ1n) is 5.19. The monoisotopic (exact) mass is 272 g/mol. The van der Waals surface area contributed by atoms with E-state index in [4.69, 9.17) is 11.6 Å². The van der Waals surface area contributed by atoms with Crippen LogP contribution in [0.4, 0.5) is 5.69 Å². The minimum absolute atomic E-state index is 0.0650. The van der Waals surface area contributed by atoms with Gasteiger partial charge in [0.1, 0.15) is 6.04 Å². The average molecular weight is 273 g/mol. The minimum Gasteiger partial charge on any atom is -0.468 e. The summed E-state index contributed by atoms with van der Waals surface area (Å²) in [5.74, 6) is -0.381. The van der Waals surface area contributed by atoms with Crippen molar-refractivity contribution in [3.63, 3.8) is 0 Å². The van der Waals surface area contributed by atoms with E-state index in [9.17, 15) is 14.9 Å². The van der Waals surface area contributed by atoms with Crippen molar-refractivity contribution in [2.45, 2.75) is 19.5 Å². The van der Waals surface area contributed by atoms with Gasteiger partial charge >= 0.3 is 5.97 Å². The number of esters is 1. The highest BCUT2D eigenvalue weighted by atomic mass is 35.5. The van der Waals surface area contributed by atoms with E-state index in [-0.39, 0.29) is 16.7 Å². The van der Waals surface area contributed by atoms with Crippen LogP contribution in [0.3, 0.4) is 0 Å². The lowest BCUT2D eigenvalue weighted by atomic mass is 10.2. The normalized spacial score (nSPS) is 11.9. The fraction of sp³-hybridized carbons (Fsp3) is 0.364. The lowest BCUT2D eigenvalue weighted by molar-refractivity contribution is -0.384. The summed E-state index contributed by atoms with van der Waals surface area (Å²) >= 11 is 5.91. The molecule has 0 aliphatic rings. The molecule has 1 rings (SSSR count). The van der Waals surface area contributed by atoms with E-state index < -0.39 is 11.0 Å². The number of nitrogens with one attached hydrogen (secondary N) is 1. The Morgan fingerprint density at radius 1 is 1.61 bits per heavy atom. The molecule has 0 heterocycles. The maximum absolute atomic E-state index is 11.2. The van der Waals surface area contributed by atoms with Crippen LogP contribution in [0.15, 0.2) is 18.2 Å². The second kappa shape index (κ2) is 6.32. The SMILES string of the molecule is COC(=O)C(C)NCc1ccc([N+](=O)[O-])cc1Cl. The molecule has 1 aromatic carbocycles. The number of ether oxygens (including phenoxy) is 1. The summed E-state index contributed by atoms with van der Waals surface area (Å²) in [6, 6.07) is 3.73. The summed E-state index contributed by atoms with van der Waals surface area (Å²) < 4.78 is 4.56. The number of carbonyl (C=O) groups excluding carboxylic acids is 1. The highest BCUT2D eigenvalue weighted by Gasteiger charge is 2.14. The van der Waals surface area contributed by atoms with Gasteiger partial charge in [0.15, 0.2) is 0 Å². The molecule has 0 aliphatic carbocycles. The molecule has 1 atom stereocenters. The van der Waals surface area contributed by atoms with Crippen LogP contribution in [0, 0.1) is 10.1 Å². The number of nitrogens with zero attached hydrogens (tertiary/aromatic N) is 1. The summed E-state index contributed by atoms with van der Waals surface area (Å²) in [6.45, 7) is 1.98. The smallest absolute Gasteiger partial charge is 0.322 e. The number of rotatable bonds is 5. The molecule has 1 N–H and O–H groups in total. The van der Waals surface area contributed by atoms with Gasteiger partial charge in [-0.3, -0.25) is 14.9 Å². The number of carbonyl (C=O) groups is 1. The number of hydrogen-bond acceptors (Lipinski definition) is 5. The molecule has 6 nitrogen and oxygen atoms in total. The van der Waals surface area contributed by atoms with Gasteiger partial charge in [-0.2, -0.15) is 0 Å². The first kappa shape index (κ1) is 14.4. The lowest BCUT2D eigenvalue weighted by Crippen LogP contribution is -2.34. The molecular weight excluding hydrogens is 260 g/mol. The molecule has 1 unspecified atom stereocenters. The second-order valence-electron chi connectivity index (χ2n) is 3.66. The molecule has 0 spiro atoms. The predicted octanol–water partition coefficient (Wildman–Crippen LogP) is 1.90. The van der Waals surface area contributed by atoms with Crippen molar-refractivity contribution < 1.29 is 14.5 Å². The van der Waals surface area contributed by atoms with Gasteiger partial charge in [0.2, 0.25) is 0 Å². The van der Waals surface area contributed by atoms with Crippen molar-refractivity contribution in [1.82, 2.24) is 5.32 Å². The number of benzene rings is 1. The van der Waals surface area contributed by atoms with Crippen LogP contribution in [-0.2, 0) is 16.1 Å². The first-order chi connectivity index (χ1) is 8.45. The minimum atomic E-state index is -0.514. The summed E-state index contributed by atoms with van der Waals surface area (Å²) in [7, 11) is 1.30. The third kappa shape index (κ3) is 3.68. The zero-order valence-corrected chi connectivity index (χ0v) is 10.7. The van der Waals surface area contributed by atoms with Crippen LogP contribution in [0.25, 0.3) is 0 Å². The molecule has 98 valence electrons. The Hall–Kier alpha value is -1.66. The fourth-order valence-corrected chi connectivity index (χ4v) is 1.56. The Kier molecular flexibility index (Phi) is 5.06. The van der Waals surface area contributed by atoms with Crippen LogP contribution in [0.2, 0.25) is 5.02 Å². The predicted molar refractivity (Wildman–Crippen MR) is 66.4 cm³/mol. The van der Waals surface area contributed by atoms with Gasteiger partial charge in [0.05, 0.1) is 17.1 Å². The zero-order valence-electron chi connectivity index (χ0n) is 9.97. The Labute approximate surface area is 109 Å². The summed E-state index contributed by atoms with van der Waals surface area (Å²) in [5, 5.41) is 13.7. The molecular formula is C11H13ClN2O4. The maximum atomic E-state index is 11.2. The molecule has 0 fully saturated rings. The summed E-state index contributed by atoms with van der Waals surface area (Å²) in [6.07, 6.45) is 0. The molecule has 0 radical (unpaired) electrons. The van der Waals surface area contributed by atoms with Crippen LogP contribution >= 0.6 is 11.6 Å². The van der Waals surface area contributed by atoms with Gasteiger partial charge in [-0.15, -0.1) is 0 Å². The topological polar surface area (TPSA) is 81.5 Å². The number of nitro groups is 1. The van der Waals surface area contributed by atoms with Gasteiger partial charge in [-0.25, -0.2) is 0 Å². The van der Waals surface area contributed by atoms with E-state index in [1.165, 1.54) is 19.2 Å². The van der Waals surface area contributed by atoms with Crippen molar-refractivity contribution in [2.75, 3.05) is 7.11 Å². The average Bonchev–Trinajstić information content (AvgIpc) is 2.35. The van der Waals surface area contributed by atoms with E-state index in [1.807, 2.05) is 0 Å². The third-order valence-corrected chi connectivity index (χ3v) is 2.75. The van der Waals surface area contributed by atoms with Crippen molar-refractivity contribution >= 4 is 23.3 Å². The summed E-state index contributed by atoms with van der Waals surface area (Å²) in [5.41, 5.74) is 0.614. The fourth-order valence-electron chi connectivity index (χ4n) is 1.32. The number of halogens is 1. The van der Waals surface area contributed by atoms with Crippen molar-refractivity contribution in [1.29, 1.82) is 0 Å². The van der Waals surface area contributed by atoms with E-state index in [0.717, 1.165) is 0 Å². The van der Waals surface area contributed by atoms with Crippen molar-refractivity contribution in [3.05, 3.63) is 38.9 Å². The number of nitro benzene ring substituents is 1. The maximum Gasteiger partial charge on any atom is 0.322 e. The number of non-ortho nitro benzene ring substituents is 1. The molecule has 0 amide bonds.